The minimum atomic E-state index is -0.323. The summed E-state index contributed by atoms with van der Waals surface area (Å²) in [5.74, 6) is 0.132. The van der Waals surface area contributed by atoms with Gasteiger partial charge in [-0.3, -0.25) is 4.98 Å². The molecule has 2 aromatic heterocycles. The summed E-state index contributed by atoms with van der Waals surface area (Å²) in [4.78, 5) is 25.1. The van der Waals surface area contributed by atoms with E-state index in [1.807, 2.05) is 31.2 Å². The Morgan fingerprint density at radius 1 is 1.19 bits per heavy atom. The molecule has 0 aliphatic heterocycles. The number of unbranched alkanes of at least 4 members (excludes halogenated alkanes) is 1. The summed E-state index contributed by atoms with van der Waals surface area (Å²) >= 11 is 0. The van der Waals surface area contributed by atoms with E-state index in [0.717, 1.165) is 35.3 Å². The number of anilines is 2. The van der Waals surface area contributed by atoms with Gasteiger partial charge >= 0.3 is 5.97 Å². The van der Waals surface area contributed by atoms with Crippen LogP contribution in [0.2, 0.25) is 0 Å². The SMILES string of the molecule is CCCCOC(=O)c1ccc(C)c(Nc2nccc(-c3cccnc3)n2)c1. The molecule has 0 atom stereocenters. The number of hydrogen-bond acceptors (Lipinski definition) is 6. The largest absolute Gasteiger partial charge is 0.462 e. The fraction of sp³-hybridized carbons (Fsp3) is 0.238. The van der Waals surface area contributed by atoms with Gasteiger partial charge in [0.05, 0.1) is 17.9 Å². The Morgan fingerprint density at radius 2 is 2.07 bits per heavy atom. The first-order valence-corrected chi connectivity index (χ1v) is 8.95. The summed E-state index contributed by atoms with van der Waals surface area (Å²) in [7, 11) is 0. The van der Waals surface area contributed by atoms with Crippen molar-refractivity contribution in [3.05, 3.63) is 66.1 Å². The number of ether oxygens (including phenoxy) is 1. The third kappa shape index (κ3) is 4.88. The van der Waals surface area contributed by atoms with E-state index < -0.39 is 0 Å². The van der Waals surface area contributed by atoms with Crippen molar-refractivity contribution in [1.82, 2.24) is 15.0 Å². The Labute approximate surface area is 158 Å². The summed E-state index contributed by atoms with van der Waals surface area (Å²) in [6.45, 7) is 4.45. The number of esters is 1. The van der Waals surface area contributed by atoms with Crippen molar-refractivity contribution in [1.29, 1.82) is 0 Å². The molecule has 0 fully saturated rings. The minimum Gasteiger partial charge on any atom is -0.462 e. The van der Waals surface area contributed by atoms with E-state index in [-0.39, 0.29) is 5.97 Å². The number of carbonyl (C=O) groups excluding carboxylic acids is 1. The van der Waals surface area contributed by atoms with E-state index in [9.17, 15) is 4.79 Å². The maximum atomic E-state index is 12.2. The molecule has 138 valence electrons. The maximum Gasteiger partial charge on any atom is 0.338 e. The van der Waals surface area contributed by atoms with Gasteiger partial charge in [0.15, 0.2) is 0 Å². The first kappa shape index (κ1) is 18.5. The van der Waals surface area contributed by atoms with Crippen LogP contribution in [0.1, 0.15) is 35.7 Å². The van der Waals surface area contributed by atoms with E-state index in [1.165, 1.54) is 0 Å². The minimum absolute atomic E-state index is 0.323. The van der Waals surface area contributed by atoms with Gasteiger partial charge in [0.25, 0.3) is 0 Å². The number of nitrogens with zero attached hydrogens (tertiary/aromatic N) is 3. The average Bonchev–Trinajstić information content (AvgIpc) is 2.70. The molecule has 0 unspecified atom stereocenters. The predicted octanol–water partition coefficient (Wildman–Crippen LogP) is 4.55. The predicted molar refractivity (Wildman–Crippen MR) is 105 cm³/mol. The maximum absolute atomic E-state index is 12.2. The fourth-order valence-electron chi connectivity index (χ4n) is 2.49. The van der Waals surface area contributed by atoms with E-state index in [1.54, 1.807) is 30.7 Å². The van der Waals surface area contributed by atoms with Crippen LogP contribution in [0.3, 0.4) is 0 Å². The van der Waals surface area contributed by atoms with Crippen molar-refractivity contribution in [3.8, 4) is 11.3 Å². The van der Waals surface area contributed by atoms with Crippen molar-refractivity contribution < 1.29 is 9.53 Å². The lowest BCUT2D eigenvalue weighted by molar-refractivity contribution is 0.0500. The quantitative estimate of drug-likeness (QED) is 0.491. The van der Waals surface area contributed by atoms with Gasteiger partial charge in [0.1, 0.15) is 0 Å². The molecule has 1 N–H and O–H groups in total. The first-order chi connectivity index (χ1) is 13.2. The monoisotopic (exact) mass is 362 g/mol. The molecule has 0 spiro atoms. The molecule has 27 heavy (non-hydrogen) atoms. The molecule has 0 aliphatic rings. The Bertz CT molecular complexity index is 913. The zero-order valence-corrected chi connectivity index (χ0v) is 15.5. The van der Waals surface area contributed by atoms with Crippen LogP contribution < -0.4 is 5.32 Å². The number of aromatic nitrogens is 3. The number of carbonyl (C=O) groups is 1. The summed E-state index contributed by atoms with van der Waals surface area (Å²) in [6.07, 6.45) is 7.01. The summed E-state index contributed by atoms with van der Waals surface area (Å²) in [5, 5.41) is 3.19. The van der Waals surface area contributed by atoms with E-state index in [4.69, 9.17) is 4.74 Å². The van der Waals surface area contributed by atoms with Crippen LogP contribution in [0.5, 0.6) is 0 Å². The van der Waals surface area contributed by atoms with Gasteiger partial charge < -0.3 is 10.1 Å². The molecule has 0 aliphatic carbocycles. The standard InChI is InChI=1S/C21H22N4O2/c1-3-4-12-27-20(26)16-8-7-15(2)19(13-16)25-21-23-11-9-18(24-21)17-6-5-10-22-14-17/h5-11,13-14H,3-4,12H2,1-2H3,(H,23,24,25). The highest BCUT2D eigenvalue weighted by molar-refractivity contribution is 5.91. The highest BCUT2D eigenvalue weighted by Crippen LogP contribution is 2.22. The second-order valence-corrected chi connectivity index (χ2v) is 6.15. The van der Waals surface area contributed by atoms with Crippen molar-refractivity contribution in [2.24, 2.45) is 0 Å². The molecule has 2 heterocycles. The number of hydrogen-bond donors (Lipinski definition) is 1. The molecule has 0 saturated heterocycles. The normalized spacial score (nSPS) is 10.4. The Hall–Kier alpha value is -3.28. The Kier molecular flexibility index (Phi) is 6.10. The third-order valence-electron chi connectivity index (χ3n) is 4.06. The summed E-state index contributed by atoms with van der Waals surface area (Å²) in [6, 6.07) is 11.0. The van der Waals surface area contributed by atoms with Crippen molar-refractivity contribution >= 4 is 17.6 Å². The van der Waals surface area contributed by atoms with Gasteiger partial charge in [0, 0.05) is 29.8 Å². The first-order valence-electron chi connectivity index (χ1n) is 8.95. The zero-order chi connectivity index (χ0) is 19.1. The molecule has 0 radical (unpaired) electrons. The molecule has 1 aromatic carbocycles. The van der Waals surface area contributed by atoms with Crippen molar-refractivity contribution in [3.63, 3.8) is 0 Å². The van der Waals surface area contributed by atoms with Crippen LogP contribution in [0.4, 0.5) is 11.6 Å². The lowest BCUT2D eigenvalue weighted by atomic mass is 10.1. The van der Waals surface area contributed by atoms with Crippen LogP contribution in [-0.2, 0) is 4.74 Å². The lowest BCUT2D eigenvalue weighted by Gasteiger charge is -2.11. The van der Waals surface area contributed by atoms with Crippen molar-refractivity contribution in [2.45, 2.75) is 26.7 Å². The second kappa shape index (κ2) is 8.89. The molecule has 0 amide bonds. The topological polar surface area (TPSA) is 77.0 Å². The smallest absolute Gasteiger partial charge is 0.338 e. The van der Waals surface area contributed by atoms with E-state index >= 15 is 0 Å². The van der Waals surface area contributed by atoms with Crippen LogP contribution in [0.25, 0.3) is 11.3 Å². The summed E-state index contributed by atoms with van der Waals surface area (Å²) in [5.41, 5.74) is 3.93. The molecule has 6 nitrogen and oxygen atoms in total. The van der Waals surface area contributed by atoms with E-state index in [2.05, 4.69) is 27.2 Å². The highest BCUT2D eigenvalue weighted by Gasteiger charge is 2.11. The van der Waals surface area contributed by atoms with Crippen LogP contribution >= 0.6 is 0 Å². The molecule has 3 rings (SSSR count). The van der Waals surface area contributed by atoms with Gasteiger partial charge in [-0.2, -0.15) is 0 Å². The molecule has 3 aromatic rings. The summed E-state index contributed by atoms with van der Waals surface area (Å²) < 4.78 is 5.29. The van der Waals surface area contributed by atoms with Crippen LogP contribution in [0, 0.1) is 6.92 Å². The average molecular weight is 362 g/mol. The van der Waals surface area contributed by atoms with Gasteiger partial charge in [-0.1, -0.05) is 19.4 Å². The Balaban J connectivity index is 1.79. The molecular weight excluding hydrogens is 340 g/mol. The second-order valence-electron chi connectivity index (χ2n) is 6.15. The molecule has 0 saturated carbocycles. The molecule has 6 heteroatoms. The number of rotatable bonds is 7. The van der Waals surface area contributed by atoms with Crippen molar-refractivity contribution in [2.75, 3.05) is 11.9 Å². The van der Waals surface area contributed by atoms with Crippen LogP contribution in [0.15, 0.2) is 55.0 Å². The van der Waals surface area contributed by atoms with Gasteiger partial charge in [-0.05, 0) is 49.2 Å². The number of pyridine rings is 1. The number of benzene rings is 1. The number of nitrogens with one attached hydrogen (secondary N) is 1. The molecule has 0 bridgehead atoms. The number of aryl methyl sites for hydroxylation is 1. The third-order valence-corrected chi connectivity index (χ3v) is 4.06. The van der Waals surface area contributed by atoms with Gasteiger partial charge in [-0.25, -0.2) is 14.8 Å². The molecular formula is C21H22N4O2. The lowest BCUT2D eigenvalue weighted by Crippen LogP contribution is -2.07. The zero-order valence-electron chi connectivity index (χ0n) is 15.5. The van der Waals surface area contributed by atoms with Gasteiger partial charge in [-0.15, -0.1) is 0 Å². The van der Waals surface area contributed by atoms with Crippen LogP contribution in [-0.4, -0.2) is 27.5 Å². The van der Waals surface area contributed by atoms with E-state index in [0.29, 0.717) is 18.1 Å². The highest BCUT2D eigenvalue weighted by atomic mass is 16.5. The Morgan fingerprint density at radius 3 is 2.85 bits per heavy atom. The van der Waals surface area contributed by atoms with Gasteiger partial charge in [0.2, 0.25) is 5.95 Å². The fourth-order valence-corrected chi connectivity index (χ4v) is 2.49.